The molecule has 0 bridgehead atoms. The van der Waals surface area contributed by atoms with Crippen LogP contribution in [-0.2, 0) is 0 Å². The van der Waals surface area contributed by atoms with Gasteiger partial charge in [-0.2, -0.15) is 0 Å². The Hall–Kier alpha value is -0.510. The van der Waals surface area contributed by atoms with E-state index in [1.165, 1.54) is 28.5 Å². The predicted molar refractivity (Wildman–Crippen MR) is 69.6 cm³/mol. The molecule has 0 saturated heterocycles. The van der Waals surface area contributed by atoms with Crippen LogP contribution in [0.4, 0.5) is 5.69 Å². The number of benzene rings is 1. The van der Waals surface area contributed by atoms with Crippen molar-refractivity contribution in [2.24, 2.45) is 0 Å². The second-order valence-corrected chi connectivity index (χ2v) is 4.75. The van der Waals surface area contributed by atoms with Crippen LogP contribution in [0.15, 0.2) is 36.4 Å². The third-order valence-electron chi connectivity index (χ3n) is 2.47. The van der Waals surface area contributed by atoms with Gasteiger partial charge in [0, 0.05) is 15.3 Å². The number of anilines is 1. The Morgan fingerprint density at radius 2 is 2.14 bits per heavy atom. The van der Waals surface area contributed by atoms with Crippen molar-refractivity contribution in [2.75, 3.05) is 5.32 Å². The number of hydrogen-bond donors (Lipinski definition) is 1. The lowest BCUT2D eigenvalue weighted by Gasteiger charge is -2.19. The molecule has 0 spiro atoms. The molecule has 0 radical (unpaired) electrons. The summed E-state index contributed by atoms with van der Waals surface area (Å²) in [7, 11) is 0. The number of allylic oxidation sites excluding steroid dienone is 1. The summed E-state index contributed by atoms with van der Waals surface area (Å²) in [5.41, 5.74) is 1.25. The molecule has 2 rings (SSSR count). The summed E-state index contributed by atoms with van der Waals surface area (Å²) < 4.78 is 1.30. The number of rotatable bonds is 2. The van der Waals surface area contributed by atoms with E-state index >= 15 is 0 Å². The highest BCUT2D eigenvalue weighted by Crippen LogP contribution is 2.21. The van der Waals surface area contributed by atoms with Gasteiger partial charge in [-0.25, -0.2) is 0 Å². The maximum absolute atomic E-state index is 3.55. The molecule has 1 nitrogen and oxygen atoms in total. The quantitative estimate of drug-likeness (QED) is 0.647. The largest absolute Gasteiger partial charge is 0.378 e. The number of halogens is 1. The summed E-state index contributed by atoms with van der Waals surface area (Å²) in [6, 6.07) is 8.96. The van der Waals surface area contributed by atoms with Gasteiger partial charge >= 0.3 is 0 Å². The van der Waals surface area contributed by atoms with Crippen molar-refractivity contribution in [3.05, 3.63) is 40.0 Å². The van der Waals surface area contributed by atoms with Crippen LogP contribution >= 0.6 is 22.6 Å². The van der Waals surface area contributed by atoms with Crippen molar-refractivity contribution >= 4 is 28.3 Å². The molecule has 1 aromatic rings. The van der Waals surface area contributed by atoms with E-state index < -0.39 is 0 Å². The van der Waals surface area contributed by atoms with Crippen LogP contribution in [0.3, 0.4) is 0 Å². The first-order chi connectivity index (χ1) is 6.86. The van der Waals surface area contributed by atoms with Crippen LogP contribution in [0.5, 0.6) is 0 Å². The zero-order valence-corrected chi connectivity index (χ0v) is 10.2. The second kappa shape index (κ2) is 4.82. The van der Waals surface area contributed by atoms with E-state index in [9.17, 15) is 0 Å². The maximum Gasteiger partial charge on any atom is 0.0480 e. The van der Waals surface area contributed by atoms with Crippen molar-refractivity contribution in [3.63, 3.8) is 0 Å². The normalized spacial score (nSPS) is 20.8. The third kappa shape index (κ3) is 2.50. The SMILES string of the molecule is Ic1ccccc1NC1C=CCCC1. The van der Waals surface area contributed by atoms with Gasteiger partial charge in [-0.1, -0.05) is 24.3 Å². The first-order valence-electron chi connectivity index (χ1n) is 5.04. The fourth-order valence-corrected chi connectivity index (χ4v) is 2.25. The van der Waals surface area contributed by atoms with E-state index in [2.05, 4.69) is 64.3 Å². The molecule has 1 N–H and O–H groups in total. The fourth-order valence-electron chi connectivity index (χ4n) is 1.71. The molecule has 1 unspecified atom stereocenters. The minimum absolute atomic E-state index is 0.527. The Kier molecular flexibility index (Phi) is 3.45. The summed E-state index contributed by atoms with van der Waals surface area (Å²) >= 11 is 2.37. The zero-order chi connectivity index (χ0) is 9.80. The minimum Gasteiger partial charge on any atom is -0.378 e. The molecule has 0 fully saturated rings. The number of para-hydroxylation sites is 1. The van der Waals surface area contributed by atoms with E-state index in [1.54, 1.807) is 0 Å². The van der Waals surface area contributed by atoms with Gasteiger partial charge in [0.15, 0.2) is 0 Å². The highest BCUT2D eigenvalue weighted by molar-refractivity contribution is 14.1. The van der Waals surface area contributed by atoms with Gasteiger partial charge in [0.2, 0.25) is 0 Å². The molecule has 2 heteroatoms. The first kappa shape index (κ1) is 10.0. The summed E-state index contributed by atoms with van der Waals surface area (Å²) in [6.07, 6.45) is 8.35. The van der Waals surface area contributed by atoms with Gasteiger partial charge in [0.1, 0.15) is 0 Å². The van der Waals surface area contributed by atoms with Crippen LogP contribution in [0, 0.1) is 3.57 Å². The molecule has 1 aliphatic carbocycles. The van der Waals surface area contributed by atoms with Gasteiger partial charge in [-0.05, 0) is 54.0 Å². The maximum atomic E-state index is 3.55. The number of hydrogen-bond acceptors (Lipinski definition) is 1. The Bertz CT molecular complexity index is 333. The van der Waals surface area contributed by atoms with E-state index in [-0.39, 0.29) is 0 Å². The average Bonchev–Trinajstić information content (AvgIpc) is 2.23. The van der Waals surface area contributed by atoms with Crippen LogP contribution in [-0.4, -0.2) is 6.04 Å². The van der Waals surface area contributed by atoms with E-state index in [4.69, 9.17) is 0 Å². The molecule has 74 valence electrons. The molecule has 0 heterocycles. The topological polar surface area (TPSA) is 12.0 Å². The zero-order valence-electron chi connectivity index (χ0n) is 8.04. The van der Waals surface area contributed by atoms with Gasteiger partial charge in [-0.15, -0.1) is 0 Å². The van der Waals surface area contributed by atoms with Gasteiger partial charge in [0.25, 0.3) is 0 Å². The van der Waals surface area contributed by atoms with E-state index in [0.29, 0.717) is 6.04 Å². The van der Waals surface area contributed by atoms with Crippen molar-refractivity contribution in [1.82, 2.24) is 0 Å². The Morgan fingerprint density at radius 1 is 1.29 bits per heavy atom. The fraction of sp³-hybridized carbons (Fsp3) is 0.333. The molecule has 0 amide bonds. The highest BCUT2D eigenvalue weighted by Gasteiger charge is 2.08. The monoisotopic (exact) mass is 299 g/mol. The van der Waals surface area contributed by atoms with E-state index in [1.807, 2.05) is 0 Å². The van der Waals surface area contributed by atoms with Crippen LogP contribution < -0.4 is 5.32 Å². The summed E-state index contributed by atoms with van der Waals surface area (Å²) in [5.74, 6) is 0. The van der Waals surface area contributed by atoms with E-state index in [0.717, 1.165) is 0 Å². The van der Waals surface area contributed by atoms with Crippen molar-refractivity contribution < 1.29 is 0 Å². The minimum atomic E-state index is 0.527. The molecule has 1 aliphatic rings. The Labute approximate surface area is 98.7 Å². The summed E-state index contributed by atoms with van der Waals surface area (Å²) in [4.78, 5) is 0. The van der Waals surface area contributed by atoms with Gasteiger partial charge in [-0.3, -0.25) is 0 Å². The summed E-state index contributed by atoms with van der Waals surface area (Å²) in [6.45, 7) is 0. The molecular weight excluding hydrogens is 285 g/mol. The third-order valence-corrected chi connectivity index (χ3v) is 3.41. The molecule has 1 aromatic carbocycles. The van der Waals surface area contributed by atoms with Crippen LogP contribution in [0.2, 0.25) is 0 Å². The number of nitrogens with one attached hydrogen (secondary N) is 1. The molecule has 0 aliphatic heterocycles. The predicted octanol–water partition coefficient (Wildman–Crippen LogP) is 3.81. The Balaban J connectivity index is 2.06. The first-order valence-corrected chi connectivity index (χ1v) is 6.12. The molecular formula is C12H14IN. The molecule has 0 saturated carbocycles. The molecule has 14 heavy (non-hydrogen) atoms. The lowest BCUT2D eigenvalue weighted by Crippen LogP contribution is -2.19. The lowest BCUT2D eigenvalue weighted by atomic mass is 10.0. The van der Waals surface area contributed by atoms with Crippen LogP contribution in [0.1, 0.15) is 19.3 Å². The van der Waals surface area contributed by atoms with Gasteiger partial charge < -0.3 is 5.32 Å². The van der Waals surface area contributed by atoms with Crippen molar-refractivity contribution in [3.8, 4) is 0 Å². The van der Waals surface area contributed by atoms with Crippen LogP contribution in [0.25, 0.3) is 0 Å². The smallest absolute Gasteiger partial charge is 0.0480 e. The molecule has 1 atom stereocenters. The molecule has 0 aromatic heterocycles. The Morgan fingerprint density at radius 3 is 2.86 bits per heavy atom. The second-order valence-electron chi connectivity index (χ2n) is 3.59. The van der Waals surface area contributed by atoms with Crippen molar-refractivity contribution in [2.45, 2.75) is 25.3 Å². The van der Waals surface area contributed by atoms with Crippen molar-refractivity contribution in [1.29, 1.82) is 0 Å². The average molecular weight is 299 g/mol. The lowest BCUT2D eigenvalue weighted by molar-refractivity contribution is 0.673. The standard InChI is InChI=1S/C12H14IN/c13-11-8-4-5-9-12(11)14-10-6-2-1-3-7-10/h2,4-6,8-10,14H,1,3,7H2. The highest BCUT2D eigenvalue weighted by atomic mass is 127. The van der Waals surface area contributed by atoms with Gasteiger partial charge in [0.05, 0.1) is 0 Å². The summed E-state index contributed by atoms with van der Waals surface area (Å²) in [5, 5.41) is 3.55.